The molecule has 0 aliphatic carbocycles. The van der Waals surface area contributed by atoms with Crippen LogP contribution in [0.4, 0.5) is 5.69 Å². The monoisotopic (exact) mass is 416 g/mol. The van der Waals surface area contributed by atoms with Gasteiger partial charge in [-0.05, 0) is 49.7 Å². The summed E-state index contributed by atoms with van der Waals surface area (Å²) < 4.78 is 1.50. The van der Waals surface area contributed by atoms with Gasteiger partial charge in [-0.1, -0.05) is 29.3 Å². The Hall–Kier alpha value is -2.41. The summed E-state index contributed by atoms with van der Waals surface area (Å²) in [5.74, 6) is -0.117. The van der Waals surface area contributed by atoms with Crippen molar-refractivity contribution >= 4 is 40.4 Å². The van der Waals surface area contributed by atoms with Gasteiger partial charge in [0.1, 0.15) is 5.65 Å². The molecular formula is C20H18Cl2N4O2. The molecule has 3 heterocycles. The number of hydrogen-bond acceptors (Lipinski definition) is 4. The zero-order chi connectivity index (χ0) is 19.7. The lowest BCUT2D eigenvalue weighted by atomic mass is 10.2. The van der Waals surface area contributed by atoms with E-state index in [1.165, 1.54) is 10.5 Å². The number of aromatic nitrogens is 2. The van der Waals surface area contributed by atoms with Crippen LogP contribution >= 0.6 is 23.2 Å². The van der Waals surface area contributed by atoms with E-state index in [-0.39, 0.29) is 17.5 Å². The van der Waals surface area contributed by atoms with Crippen LogP contribution in [0, 0.1) is 0 Å². The Morgan fingerprint density at radius 3 is 2.75 bits per heavy atom. The molecule has 1 aliphatic heterocycles. The minimum atomic E-state index is -0.297. The molecule has 1 aromatic carbocycles. The number of hydrogen-bond donors (Lipinski definition) is 1. The Morgan fingerprint density at radius 2 is 1.96 bits per heavy atom. The first-order chi connectivity index (χ1) is 13.5. The zero-order valence-corrected chi connectivity index (χ0v) is 16.5. The summed E-state index contributed by atoms with van der Waals surface area (Å²) in [5.41, 5.74) is 1.69. The highest BCUT2D eigenvalue weighted by Crippen LogP contribution is 2.25. The van der Waals surface area contributed by atoms with Gasteiger partial charge in [0.15, 0.2) is 0 Å². The molecule has 4 rings (SSSR count). The topological polar surface area (TPSA) is 66.7 Å². The number of amides is 1. The van der Waals surface area contributed by atoms with Gasteiger partial charge in [0, 0.05) is 34.5 Å². The van der Waals surface area contributed by atoms with Crippen LogP contribution in [0.5, 0.6) is 0 Å². The average molecular weight is 417 g/mol. The summed E-state index contributed by atoms with van der Waals surface area (Å²) in [4.78, 5) is 31.7. The molecule has 28 heavy (non-hydrogen) atoms. The molecule has 1 amide bonds. The normalized spacial score (nSPS) is 17.1. The minimum Gasteiger partial charge on any atom is -0.325 e. The maximum absolute atomic E-state index is 12.8. The van der Waals surface area contributed by atoms with Crippen LogP contribution in [-0.4, -0.2) is 32.8 Å². The van der Waals surface area contributed by atoms with Gasteiger partial charge in [-0.3, -0.25) is 18.9 Å². The Bertz CT molecular complexity index is 1080. The summed E-state index contributed by atoms with van der Waals surface area (Å²) in [7, 11) is 0. The zero-order valence-electron chi connectivity index (χ0n) is 14.9. The Labute approximate surface area is 171 Å². The first-order valence-electron chi connectivity index (χ1n) is 8.98. The second-order valence-electron chi connectivity index (χ2n) is 6.79. The summed E-state index contributed by atoms with van der Waals surface area (Å²) in [5, 5.41) is 3.82. The molecule has 1 atom stereocenters. The molecule has 8 heteroatoms. The third-order valence-electron chi connectivity index (χ3n) is 4.79. The quantitative estimate of drug-likeness (QED) is 0.705. The number of rotatable bonds is 4. The van der Waals surface area contributed by atoms with Gasteiger partial charge in [0.2, 0.25) is 5.91 Å². The molecule has 0 saturated carbocycles. The van der Waals surface area contributed by atoms with E-state index in [1.54, 1.807) is 36.5 Å². The number of benzene rings is 1. The molecule has 2 aromatic heterocycles. The van der Waals surface area contributed by atoms with Crippen LogP contribution in [0.3, 0.4) is 0 Å². The number of nitrogens with one attached hydrogen (secondary N) is 1. The van der Waals surface area contributed by atoms with Crippen LogP contribution in [0.2, 0.25) is 10.0 Å². The number of carbonyl (C=O) groups is 1. The molecule has 0 bridgehead atoms. The highest BCUT2D eigenvalue weighted by atomic mass is 35.5. The number of nitrogens with zero attached hydrogens (tertiary/aromatic N) is 3. The molecule has 0 spiro atoms. The van der Waals surface area contributed by atoms with Crippen molar-refractivity contribution < 1.29 is 4.79 Å². The van der Waals surface area contributed by atoms with Crippen molar-refractivity contribution in [3.8, 4) is 0 Å². The molecule has 1 unspecified atom stereocenters. The first kappa shape index (κ1) is 18.9. The van der Waals surface area contributed by atoms with E-state index in [0.29, 0.717) is 33.6 Å². The van der Waals surface area contributed by atoms with E-state index in [2.05, 4.69) is 10.3 Å². The maximum Gasteiger partial charge on any atom is 0.258 e. The second kappa shape index (κ2) is 7.91. The van der Waals surface area contributed by atoms with E-state index in [4.69, 9.17) is 23.2 Å². The third-order valence-corrected chi connectivity index (χ3v) is 5.22. The predicted octanol–water partition coefficient (Wildman–Crippen LogP) is 3.60. The lowest BCUT2D eigenvalue weighted by molar-refractivity contribution is -0.120. The molecule has 3 aromatic rings. The number of fused-ring (bicyclic) bond motifs is 1. The average Bonchev–Trinajstić information content (AvgIpc) is 3.09. The van der Waals surface area contributed by atoms with Gasteiger partial charge in [0.25, 0.3) is 5.56 Å². The number of pyridine rings is 1. The summed E-state index contributed by atoms with van der Waals surface area (Å²) in [6.07, 6.45) is 3.34. The molecule has 6 nitrogen and oxygen atoms in total. The van der Waals surface area contributed by atoms with Gasteiger partial charge < -0.3 is 5.32 Å². The maximum atomic E-state index is 12.8. The SMILES string of the molecule is O=C(Nc1cc(Cl)cc(Cl)c1)C1CCCN1Cc1cc(=O)n2ccccc2n1. The van der Waals surface area contributed by atoms with Crippen LogP contribution < -0.4 is 10.9 Å². The molecule has 1 N–H and O–H groups in total. The molecule has 1 fully saturated rings. The van der Waals surface area contributed by atoms with Crippen molar-refractivity contribution in [2.75, 3.05) is 11.9 Å². The van der Waals surface area contributed by atoms with E-state index in [1.807, 2.05) is 11.0 Å². The van der Waals surface area contributed by atoms with Crippen LogP contribution in [0.25, 0.3) is 5.65 Å². The van der Waals surface area contributed by atoms with Gasteiger partial charge in [0.05, 0.1) is 11.7 Å². The summed E-state index contributed by atoms with van der Waals surface area (Å²) >= 11 is 12.0. The second-order valence-corrected chi connectivity index (χ2v) is 7.66. The Morgan fingerprint density at radius 1 is 1.18 bits per heavy atom. The first-order valence-corrected chi connectivity index (χ1v) is 9.73. The number of anilines is 1. The van der Waals surface area contributed by atoms with E-state index in [0.717, 1.165) is 19.4 Å². The van der Waals surface area contributed by atoms with Crippen LogP contribution in [0.15, 0.2) is 53.5 Å². The molecular weight excluding hydrogens is 399 g/mol. The Balaban J connectivity index is 1.52. The molecule has 1 aliphatic rings. The fourth-order valence-electron chi connectivity index (χ4n) is 3.56. The standard InChI is InChI=1S/C20H18Cl2N4O2/c21-13-8-14(22)10-15(9-13)24-20(28)17-4-3-6-25(17)12-16-11-19(27)26-7-2-1-5-18(26)23-16/h1-2,5,7-11,17H,3-4,6,12H2,(H,24,28). The molecule has 1 saturated heterocycles. The highest BCUT2D eigenvalue weighted by molar-refractivity contribution is 6.35. The third kappa shape index (κ3) is 4.04. The smallest absolute Gasteiger partial charge is 0.258 e. The Kier molecular flexibility index (Phi) is 5.35. The van der Waals surface area contributed by atoms with E-state index < -0.39 is 0 Å². The fourth-order valence-corrected chi connectivity index (χ4v) is 4.08. The summed E-state index contributed by atoms with van der Waals surface area (Å²) in [6, 6.07) is 11.6. The van der Waals surface area contributed by atoms with Gasteiger partial charge >= 0.3 is 0 Å². The van der Waals surface area contributed by atoms with Crippen LogP contribution in [0.1, 0.15) is 18.5 Å². The van der Waals surface area contributed by atoms with Crippen molar-refractivity contribution in [3.63, 3.8) is 0 Å². The lowest BCUT2D eigenvalue weighted by Gasteiger charge is -2.23. The fraction of sp³-hybridized carbons (Fsp3) is 0.250. The van der Waals surface area contributed by atoms with Crippen molar-refractivity contribution in [1.29, 1.82) is 0 Å². The number of carbonyl (C=O) groups excluding carboxylic acids is 1. The van der Waals surface area contributed by atoms with Crippen molar-refractivity contribution in [2.24, 2.45) is 0 Å². The van der Waals surface area contributed by atoms with Gasteiger partial charge in [-0.2, -0.15) is 0 Å². The minimum absolute atomic E-state index is 0.117. The number of likely N-dealkylation sites (tertiary alicyclic amines) is 1. The lowest BCUT2D eigenvalue weighted by Crippen LogP contribution is -2.39. The van der Waals surface area contributed by atoms with E-state index >= 15 is 0 Å². The van der Waals surface area contributed by atoms with Crippen molar-refractivity contribution in [1.82, 2.24) is 14.3 Å². The molecule has 0 radical (unpaired) electrons. The number of halogens is 2. The molecule has 144 valence electrons. The van der Waals surface area contributed by atoms with Gasteiger partial charge in [-0.15, -0.1) is 0 Å². The van der Waals surface area contributed by atoms with Gasteiger partial charge in [-0.25, -0.2) is 4.98 Å². The van der Waals surface area contributed by atoms with Crippen molar-refractivity contribution in [2.45, 2.75) is 25.4 Å². The van der Waals surface area contributed by atoms with E-state index in [9.17, 15) is 9.59 Å². The largest absolute Gasteiger partial charge is 0.325 e. The van der Waals surface area contributed by atoms with Crippen LogP contribution in [-0.2, 0) is 11.3 Å². The summed E-state index contributed by atoms with van der Waals surface area (Å²) in [6.45, 7) is 1.21. The van der Waals surface area contributed by atoms with Crippen molar-refractivity contribution in [3.05, 3.63) is 74.8 Å². The predicted molar refractivity (Wildman–Crippen MR) is 110 cm³/mol. The highest BCUT2D eigenvalue weighted by Gasteiger charge is 2.31.